The molecule has 1 aliphatic rings. The molecule has 7 heteroatoms. The third-order valence-corrected chi connectivity index (χ3v) is 6.94. The maximum absolute atomic E-state index is 13.6. The standard InChI is InChI=1S/C31H37N3O4/c1-22-18-34(23(2)21-35)31(37)27-17-26(32-30(36)16-24-10-6-4-7-11-24)14-15-28(27)38-29(22)20-33(3)19-25-12-8-5-9-13-25/h4-15,17,22-23,29,35H,16,18-21H2,1-3H3,(H,32,36)/t22-,23-,29+/m0/s1. The van der Waals surface area contributed by atoms with Crippen LogP contribution < -0.4 is 10.1 Å². The smallest absolute Gasteiger partial charge is 0.258 e. The molecule has 0 unspecified atom stereocenters. The predicted octanol–water partition coefficient (Wildman–Crippen LogP) is 4.22. The fourth-order valence-electron chi connectivity index (χ4n) is 4.77. The molecular weight excluding hydrogens is 478 g/mol. The van der Waals surface area contributed by atoms with Crippen LogP contribution in [0, 0.1) is 5.92 Å². The number of aliphatic hydroxyl groups is 1. The van der Waals surface area contributed by atoms with Crippen molar-refractivity contribution in [3.63, 3.8) is 0 Å². The zero-order valence-corrected chi connectivity index (χ0v) is 22.3. The number of aliphatic hydroxyl groups excluding tert-OH is 1. The average Bonchev–Trinajstić information content (AvgIpc) is 2.91. The number of nitrogens with zero attached hydrogens (tertiary/aromatic N) is 2. The minimum Gasteiger partial charge on any atom is -0.488 e. The summed E-state index contributed by atoms with van der Waals surface area (Å²) in [6.45, 7) is 5.68. The Bertz CT molecular complexity index is 1220. The number of rotatable bonds is 9. The number of fused-ring (bicyclic) bond motifs is 1. The molecule has 0 spiro atoms. The summed E-state index contributed by atoms with van der Waals surface area (Å²) < 4.78 is 6.48. The van der Waals surface area contributed by atoms with Crippen LogP contribution in [0.25, 0.3) is 0 Å². The monoisotopic (exact) mass is 515 g/mol. The van der Waals surface area contributed by atoms with Crippen LogP contribution >= 0.6 is 0 Å². The van der Waals surface area contributed by atoms with Crippen LogP contribution in [-0.2, 0) is 17.8 Å². The number of carbonyl (C=O) groups is 2. The van der Waals surface area contributed by atoms with E-state index in [0.29, 0.717) is 30.1 Å². The van der Waals surface area contributed by atoms with Crippen LogP contribution in [0.4, 0.5) is 5.69 Å². The summed E-state index contributed by atoms with van der Waals surface area (Å²) in [6, 6.07) is 24.6. The summed E-state index contributed by atoms with van der Waals surface area (Å²) in [5.41, 5.74) is 3.04. The van der Waals surface area contributed by atoms with E-state index in [9.17, 15) is 14.7 Å². The Hall–Kier alpha value is -3.68. The van der Waals surface area contributed by atoms with Gasteiger partial charge in [0.05, 0.1) is 24.6 Å². The summed E-state index contributed by atoms with van der Waals surface area (Å²) in [4.78, 5) is 30.2. The molecule has 4 rings (SSSR count). The number of hydrogen-bond acceptors (Lipinski definition) is 5. The molecule has 3 aromatic rings. The highest BCUT2D eigenvalue weighted by molar-refractivity contribution is 6.00. The van der Waals surface area contributed by atoms with Gasteiger partial charge in [-0.25, -0.2) is 0 Å². The Morgan fingerprint density at radius 3 is 2.39 bits per heavy atom. The molecule has 200 valence electrons. The van der Waals surface area contributed by atoms with Crippen LogP contribution in [0.1, 0.15) is 35.3 Å². The number of nitrogens with one attached hydrogen (secondary N) is 1. The Balaban J connectivity index is 1.56. The first-order valence-corrected chi connectivity index (χ1v) is 13.1. The topological polar surface area (TPSA) is 82.1 Å². The summed E-state index contributed by atoms with van der Waals surface area (Å²) in [6.07, 6.45) is 0.0612. The van der Waals surface area contributed by atoms with Gasteiger partial charge in [-0.1, -0.05) is 67.6 Å². The van der Waals surface area contributed by atoms with Crippen molar-refractivity contribution in [1.29, 1.82) is 0 Å². The molecule has 0 aliphatic carbocycles. The van der Waals surface area contributed by atoms with Crippen LogP contribution in [0.2, 0.25) is 0 Å². The first-order chi connectivity index (χ1) is 18.3. The molecule has 0 aromatic heterocycles. The van der Waals surface area contributed by atoms with Gasteiger partial charge >= 0.3 is 0 Å². The van der Waals surface area contributed by atoms with Gasteiger partial charge in [0.15, 0.2) is 0 Å². The number of anilines is 1. The maximum atomic E-state index is 13.6. The van der Waals surface area contributed by atoms with E-state index in [2.05, 4.69) is 36.3 Å². The van der Waals surface area contributed by atoms with Crippen LogP contribution in [0.3, 0.4) is 0 Å². The Morgan fingerprint density at radius 2 is 1.74 bits per heavy atom. The average molecular weight is 516 g/mol. The van der Waals surface area contributed by atoms with Crippen molar-refractivity contribution in [3.05, 3.63) is 95.6 Å². The fraction of sp³-hybridized carbons (Fsp3) is 0.355. The van der Waals surface area contributed by atoms with Crippen LogP contribution in [0.15, 0.2) is 78.9 Å². The third kappa shape index (κ3) is 7.00. The van der Waals surface area contributed by atoms with E-state index < -0.39 is 0 Å². The van der Waals surface area contributed by atoms with Crippen molar-refractivity contribution in [1.82, 2.24) is 9.80 Å². The van der Waals surface area contributed by atoms with Crippen LogP contribution in [-0.4, -0.2) is 65.6 Å². The molecule has 2 amide bonds. The van der Waals surface area contributed by atoms with E-state index in [1.54, 1.807) is 23.1 Å². The molecule has 3 atom stereocenters. The zero-order chi connectivity index (χ0) is 27.1. The number of likely N-dealkylation sites (N-methyl/N-ethyl adjacent to an activating group) is 1. The molecule has 7 nitrogen and oxygen atoms in total. The highest BCUT2D eigenvalue weighted by Crippen LogP contribution is 2.31. The normalized spacial score (nSPS) is 18.2. The summed E-state index contributed by atoms with van der Waals surface area (Å²) >= 11 is 0. The van der Waals surface area contributed by atoms with Crippen molar-refractivity contribution in [2.45, 2.75) is 39.0 Å². The molecule has 1 heterocycles. The largest absolute Gasteiger partial charge is 0.488 e. The number of hydrogen-bond donors (Lipinski definition) is 2. The maximum Gasteiger partial charge on any atom is 0.258 e. The molecule has 1 aliphatic heterocycles. The van der Waals surface area contributed by atoms with Gasteiger partial charge in [0, 0.05) is 31.2 Å². The predicted molar refractivity (Wildman–Crippen MR) is 149 cm³/mol. The van der Waals surface area contributed by atoms with E-state index in [1.165, 1.54) is 5.56 Å². The second-order valence-electron chi connectivity index (χ2n) is 10.2. The summed E-state index contributed by atoms with van der Waals surface area (Å²) in [5, 5.41) is 12.8. The summed E-state index contributed by atoms with van der Waals surface area (Å²) in [5.74, 6) is 0.133. The molecule has 3 aromatic carbocycles. The Morgan fingerprint density at radius 1 is 1.08 bits per heavy atom. The molecular formula is C31H37N3O4. The van der Waals surface area contributed by atoms with Crippen molar-refractivity contribution in [2.24, 2.45) is 5.92 Å². The van der Waals surface area contributed by atoms with E-state index in [0.717, 1.165) is 12.1 Å². The van der Waals surface area contributed by atoms with Crippen molar-refractivity contribution < 1.29 is 19.4 Å². The van der Waals surface area contributed by atoms with Crippen LogP contribution in [0.5, 0.6) is 5.75 Å². The van der Waals surface area contributed by atoms with Gasteiger partial charge in [0.25, 0.3) is 5.91 Å². The highest BCUT2D eigenvalue weighted by Gasteiger charge is 2.33. The summed E-state index contributed by atoms with van der Waals surface area (Å²) in [7, 11) is 2.06. The number of carbonyl (C=O) groups excluding carboxylic acids is 2. The highest BCUT2D eigenvalue weighted by atomic mass is 16.5. The Kier molecular flexibility index (Phi) is 9.15. The second-order valence-corrected chi connectivity index (χ2v) is 10.2. The first kappa shape index (κ1) is 27.4. The van der Waals surface area contributed by atoms with E-state index in [1.807, 2.05) is 55.5 Å². The van der Waals surface area contributed by atoms with E-state index >= 15 is 0 Å². The lowest BCUT2D eigenvalue weighted by Gasteiger charge is -2.38. The van der Waals surface area contributed by atoms with E-state index in [-0.39, 0.29) is 42.9 Å². The van der Waals surface area contributed by atoms with Gasteiger partial charge in [-0.2, -0.15) is 0 Å². The lowest BCUT2D eigenvalue weighted by molar-refractivity contribution is -0.115. The Labute approximate surface area is 225 Å². The fourth-order valence-corrected chi connectivity index (χ4v) is 4.77. The lowest BCUT2D eigenvalue weighted by atomic mass is 9.99. The van der Waals surface area contributed by atoms with E-state index in [4.69, 9.17) is 4.74 Å². The number of ether oxygens (including phenoxy) is 1. The molecule has 2 N–H and O–H groups in total. The molecule has 0 bridgehead atoms. The van der Waals surface area contributed by atoms with Gasteiger partial charge < -0.3 is 20.1 Å². The molecule has 0 fully saturated rings. The zero-order valence-electron chi connectivity index (χ0n) is 22.3. The minimum absolute atomic E-state index is 0.0320. The minimum atomic E-state index is -0.352. The van der Waals surface area contributed by atoms with Crippen molar-refractivity contribution in [3.8, 4) is 5.75 Å². The number of amides is 2. The SMILES string of the molecule is C[C@H]1CN([C@@H](C)CO)C(=O)c2cc(NC(=O)Cc3ccccc3)ccc2O[C@@H]1CN(C)Cc1ccccc1. The second kappa shape index (κ2) is 12.7. The van der Waals surface area contributed by atoms with Gasteiger partial charge in [-0.05, 0) is 43.3 Å². The first-order valence-electron chi connectivity index (χ1n) is 13.1. The van der Waals surface area contributed by atoms with Crippen molar-refractivity contribution >= 4 is 17.5 Å². The molecule has 0 saturated heterocycles. The van der Waals surface area contributed by atoms with Gasteiger partial charge in [-0.3, -0.25) is 14.5 Å². The molecule has 38 heavy (non-hydrogen) atoms. The third-order valence-electron chi connectivity index (χ3n) is 6.94. The van der Waals surface area contributed by atoms with Crippen molar-refractivity contribution in [2.75, 3.05) is 32.1 Å². The van der Waals surface area contributed by atoms with Gasteiger partial charge in [0.1, 0.15) is 11.9 Å². The van der Waals surface area contributed by atoms with Gasteiger partial charge in [-0.15, -0.1) is 0 Å². The van der Waals surface area contributed by atoms with Gasteiger partial charge in [0.2, 0.25) is 5.91 Å². The lowest BCUT2D eigenvalue weighted by Crippen LogP contribution is -2.49. The molecule has 0 radical (unpaired) electrons. The quantitative estimate of drug-likeness (QED) is 0.446. The number of benzene rings is 3. The molecule has 0 saturated carbocycles.